The predicted molar refractivity (Wildman–Crippen MR) is 89.5 cm³/mol. The number of benzene rings is 1. The van der Waals surface area contributed by atoms with Gasteiger partial charge in [0.05, 0.1) is 30.4 Å². The average Bonchev–Trinajstić information content (AvgIpc) is 2.99. The van der Waals surface area contributed by atoms with Gasteiger partial charge in [0.25, 0.3) is 5.91 Å². The molecule has 0 aliphatic rings. The molecule has 0 spiro atoms. The van der Waals surface area contributed by atoms with E-state index in [0.717, 1.165) is 5.39 Å². The van der Waals surface area contributed by atoms with Crippen molar-refractivity contribution in [3.63, 3.8) is 0 Å². The molecule has 23 heavy (non-hydrogen) atoms. The molecule has 1 amide bonds. The Bertz CT molecular complexity index is 657. The highest BCUT2D eigenvalue weighted by molar-refractivity contribution is 6.35. The first-order valence-electron chi connectivity index (χ1n) is 7.46. The van der Waals surface area contributed by atoms with Crippen LogP contribution < -0.4 is 10.1 Å². The Morgan fingerprint density at radius 2 is 2.04 bits per heavy atom. The Hall–Kier alpha value is -1.76. The zero-order chi connectivity index (χ0) is 16.7. The minimum atomic E-state index is -0.173. The third kappa shape index (κ3) is 4.60. The molecule has 0 fully saturated rings. The molecule has 0 atom stereocenters. The summed E-state index contributed by atoms with van der Waals surface area (Å²) in [6, 6.07) is 5.27. The van der Waals surface area contributed by atoms with Crippen molar-refractivity contribution in [2.24, 2.45) is 0 Å². The van der Waals surface area contributed by atoms with Crippen molar-refractivity contribution in [3.8, 4) is 5.75 Å². The zero-order valence-electron chi connectivity index (χ0n) is 13.3. The fraction of sp³-hybridized carbons (Fsp3) is 0.438. The standard InChI is InChI=1S/C16H21ClN2O4/c1-3-18-16(20)13-10-11-14(5-4-12(17)15(11)19-13)23-9-8-22-7-6-21-2/h4-5,10,19H,3,6-9H2,1-2H3,(H,18,20). The van der Waals surface area contributed by atoms with Crippen LogP contribution in [0.15, 0.2) is 18.2 Å². The van der Waals surface area contributed by atoms with E-state index in [1.165, 1.54) is 0 Å². The van der Waals surface area contributed by atoms with Crippen LogP contribution in [0.2, 0.25) is 5.02 Å². The number of nitrogens with one attached hydrogen (secondary N) is 2. The van der Waals surface area contributed by atoms with E-state index in [0.29, 0.717) is 55.0 Å². The van der Waals surface area contributed by atoms with Crippen molar-refractivity contribution < 1.29 is 19.0 Å². The van der Waals surface area contributed by atoms with Gasteiger partial charge in [-0.2, -0.15) is 0 Å². The molecule has 0 saturated carbocycles. The molecule has 1 aromatic heterocycles. The quantitative estimate of drug-likeness (QED) is 0.688. The lowest BCUT2D eigenvalue weighted by molar-refractivity contribution is 0.0547. The zero-order valence-corrected chi connectivity index (χ0v) is 14.0. The molecule has 0 saturated heterocycles. The Morgan fingerprint density at radius 1 is 1.26 bits per heavy atom. The second-order valence-electron chi connectivity index (χ2n) is 4.83. The molecule has 1 aromatic carbocycles. The maximum Gasteiger partial charge on any atom is 0.267 e. The molecule has 0 unspecified atom stereocenters. The van der Waals surface area contributed by atoms with Gasteiger partial charge in [-0.3, -0.25) is 4.79 Å². The van der Waals surface area contributed by atoms with Crippen LogP contribution in [0.25, 0.3) is 10.9 Å². The van der Waals surface area contributed by atoms with Gasteiger partial charge >= 0.3 is 0 Å². The number of aromatic nitrogens is 1. The lowest BCUT2D eigenvalue weighted by Gasteiger charge is -2.08. The van der Waals surface area contributed by atoms with Gasteiger partial charge in [-0.25, -0.2) is 0 Å². The van der Waals surface area contributed by atoms with Gasteiger partial charge in [0.15, 0.2) is 0 Å². The number of halogens is 1. The highest BCUT2D eigenvalue weighted by Crippen LogP contribution is 2.32. The number of carbonyl (C=O) groups is 1. The summed E-state index contributed by atoms with van der Waals surface area (Å²) in [7, 11) is 1.63. The second kappa shape index (κ2) is 8.76. The molecular weight excluding hydrogens is 320 g/mol. The van der Waals surface area contributed by atoms with Gasteiger partial charge in [0.1, 0.15) is 18.1 Å². The smallest absolute Gasteiger partial charge is 0.267 e. The summed E-state index contributed by atoms with van der Waals surface area (Å²) in [5, 5.41) is 4.06. The molecule has 0 radical (unpaired) electrons. The van der Waals surface area contributed by atoms with Crippen molar-refractivity contribution in [1.29, 1.82) is 0 Å². The molecule has 2 N–H and O–H groups in total. The minimum Gasteiger partial charge on any atom is -0.490 e. The van der Waals surface area contributed by atoms with Crippen molar-refractivity contribution in [2.75, 3.05) is 40.1 Å². The number of carbonyl (C=O) groups excluding carboxylic acids is 1. The van der Waals surface area contributed by atoms with Gasteiger partial charge in [-0.1, -0.05) is 11.6 Å². The first-order valence-corrected chi connectivity index (χ1v) is 7.84. The molecule has 0 aliphatic heterocycles. The van der Waals surface area contributed by atoms with Crippen LogP contribution in [0.4, 0.5) is 0 Å². The van der Waals surface area contributed by atoms with E-state index in [4.69, 9.17) is 25.8 Å². The summed E-state index contributed by atoms with van der Waals surface area (Å²) in [5.74, 6) is 0.486. The van der Waals surface area contributed by atoms with E-state index >= 15 is 0 Å². The normalized spacial score (nSPS) is 10.9. The number of ether oxygens (including phenoxy) is 3. The van der Waals surface area contributed by atoms with Gasteiger partial charge < -0.3 is 24.5 Å². The third-order valence-corrected chi connectivity index (χ3v) is 3.52. The Morgan fingerprint density at radius 3 is 2.78 bits per heavy atom. The summed E-state index contributed by atoms with van der Waals surface area (Å²) in [6.45, 7) is 4.37. The Kier molecular flexibility index (Phi) is 6.70. The van der Waals surface area contributed by atoms with E-state index in [2.05, 4.69) is 10.3 Å². The number of methoxy groups -OCH3 is 1. The van der Waals surface area contributed by atoms with Crippen LogP contribution in [-0.4, -0.2) is 51.0 Å². The number of aromatic amines is 1. The van der Waals surface area contributed by atoms with Crippen LogP contribution in [0.5, 0.6) is 5.75 Å². The van der Waals surface area contributed by atoms with E-state index in [1.807, 2.05) is 6.92 Å². The minimum absolute atomic E-state index is 0.173. The first kappa shape index (κ1) is 17.6. The van der Waals surface area contributed by atoms with Gasteiger partial charge in [-0.15, -0.1) is 0 Å². The van der Waals surface area contributed by atoms with Crippen molar-refractivity contribution in [2.45, 2.75) is 6.92 Å². The van der Waals surface area contributed by atoms with E-state index < -0.39 is 0 Å². The van der Waals surface area contributed by atoms with Gasteiger partial charge in [-0.05, 0) is 25.1 Å². The van der Waals surface area contributed by atoms with Crippen molar-refractivity contribution >= 4 is 28.4 Å². The van der Waals surface area contributed by atoms with Gasteiger partial charge in [0.2, 0.25) is 0 Å². The molecule has 0 aliphatic carbocycles. The molecule has 0 bridgehead atoms. The van der Waals surface area contributed by atoms with Crippen LogP contribution >= 0.6 is 11.6 Å². The van der Waals surface area contributed by atoms with E-state index in [-0.39, 0.29) is 5.91 Å². The number of hydrogen-bond donors (Lipinski definition) is 2. The molecule has 2 aromatic rings. The summed E-state index contributed by atoms with van der Waals surface area (Å²) in [4.78, 5) is 15.0. The largest absolute Gasteiger partial charge is 0.490 e. The number of H-pyrrole nitrogens is 1. The van der Waals surface area contributed by atoms with Crippen LogP contribution in [0.1, 0.15) is 17.4 Å². The fourth-order valence-electron chi connectivity index (χ4n) is 2.12. The number of hydrogen-bond acceptors (Lipinski definition) is 4. The number of amides is 1. The molecule has 1 heterocycles. The van der Waals surface area contributed by atoms with Crippen LogP contribution in [0.3, 0.4) is 0 Å². The monoisotopic (exact) mass is 340 g/mol. The van der Waals surface area contributed by atoms with Crippen molar-refractivity contribution in [3.05, 3.63) is 28.9 Å². The average molecular weight is 341 g/mol. The molecular formula is C16H21ClN2O4. The summed E-state index contributed by atoms with van der Waals surface area (Å²) in [5.41, 5.74) is 1.14. The van der Waals surface area contributed by atoms with Crippen LogP contribution in [0, 0.1) is 0 Å². The Labute approximate surface area is 140 Å². The summed E-state index contributed by atoms with van der Waals surface area (Å²) < 4.78 is 16.0. The Balaban J connectivity index is 2.08. The predicted octanol–water partition coefficient (Wildman–Crippen LogP) is 2.61. The molecule has 6 nitrogen and oxygen atoms in total. The SMILES string of the molecule is CCNC(=O)c1cc2c(OCCOCCOC)ccc(Cl)c2[nH]1. The molecule has 126 valence electrons. The third-order valence-electron chi connectivity index (χ3n) is 3.20. The fourth-order valence-corrected chi connectivity index (χ4v) is 2.33. The van der Waals surface area contributed by atoms with Gasteiger partial charge in [0, 0.05) is 19.0 Å². The topological polar surface area (TPSA) is 72.6 Å². The lowest BCUT2D eigenvalue weighted by atomic mass is 10.2. The molecule has 7 heteroatoms. The maximum atomic E-state index is 11.9. The number of fused-ring (bicyclic) bond motifs is 1. The first-order chi connectivity index (χ1) is 11.2. The maximum absolute atomic E-state index is 11.9. The summed E-state index contributed by atoms with van der Waals surface area (Å²) in [6.07, 6.45) is 0. The summed E-state index contributed by atoms with van der Waals surface area (Å²) >= 11 is 6.19. The highest BCUT2D eigenvalue weighted by atomic mass is 35.5. The van der Waals surface area contributed by atoms with E-state index in [9.17, 15) is 4.79 Å². The lowest BCUT2D eigenvalue weighted by Crippen LogP contribution is -2.22. The second-order valence-corrected chi connectivity index (χ2v) is 5.24. The highest BCUT2D eigenvalue weighted by Gasteiger charge is 2.14. The number of rotatable bonds is 9. The van der Waals surface area contributed by atoms with Crippen LogP contribution in [-0.2, 0) is 9.47 Å². The van der Waals surface area contributed by atoms with Crippen molar-refractivity contribution in [1.82, 2.24) is 10.3 Å². The molecule has 2 rings (SSSR count). The van der Waals surface area contributed by atoms with E-state index in [1.54, 1.807) is 25.3 Å².